The fraction of sp³-hybridized carbons (Fsp3) is 0.562. The van der Waals surface area contributed by atoms with Gasteiger partial charge in [-0.1, -0.05) is 6.92 Å². The topological polar surface area (TPSA) is 49.6 Å². The average Bonchev–Trinajstić information content (AvgIpc) is 2.48. The summed E-state index contributed by atoms with van der Waals surface area (Å²) < 4.78 is 0. The fourth-order valence-corrected chi connectivity index (χ4v) is 2.61. The van der Waals surface area contributed by atoms with Crippen LogP contribution >= 0.6 is 0 Å². The number of nitrogens with two attached hydrogens (primary N) is 1. The Balaban J connectivity index is 2.00. The summed E-state index contributed by atoms with van der Waals surface area (Å²) in [6.07, 6.45) is 2.93. The van der Waals surface area contributed by atoms with Gasteiger partial charge in [-0.2, -0.15) is 0 Å². The summed E-state index contributed by atoms with van der Waals surface area (Å²) >= 11 is 0. The maximum Gasteiger partial charge on any atom is 0.253 e. The molecule has 1 fully saturated rings. The van der Waals surface area contributed by atoms with Gasteiger partial charge < -0.3 is 15.5 Å². The van der Waals surface area contributed by atoms with Gasteiger partial charge in [-0.3, -0.25) is 4.79 Å². The number of carbonyl (C=O) groups is 1. The Morgan fingerprint density at radius 2 is 1.90 bits per heavy atom. The molecule has 1 aromatic rings. The van der Waals surface area contributed by atoms with Crippen molar-refractivity contribution in [3.05, 3.63) is 29.8 Å². The van der Waals surface area contributed by atoms with Crippen LogP contribution < -0.4 is 10.6 Å². The summed E-state index contributed by atoms with van der Waals surface area (Å²) in [4.78, 5) is 16.5. The van der Waals surface area contributed by atoms with Crippen LogP contribution in [0.25, 0.3) is 0 Å². The van der Waals surface area contributed by atoms with Gasteiger partial charge in [0.05, 0.1) is 0 Å². The van der Waals surface area contributed by atoms with Gasteiger partial charge in [0.15, 0.2) is 0 Å². The largest absolute Gasteiger partial charge is 0.375 e. The molecule has 1 saturated heterocycles. The van der Waals surface area contributed by atoms with Crippen LogP contribution in [0.15, 0.2) is 24.3 Å². The highest BCUT2D eigenvalue weighted by Crippen LogP contribution is 2.17. The second kappa shape index (κ2) is 6.75. The minimum absolute atomic E-state index is 0.126. The molecule has 20 heavy (non-hydrogen) atoms. The Kier molecular flexibility index (Phi) is 5.01. The van der Waals surface area contributed by atoms with Gasteiger partial charge >= 0.3 is 0 Å². The van der Waals surface area contributed by atoms with Crippen LogP contribution in [0.5, 0.6) is 0 Å². The summed E-state index contributed by atoms with van der Waals surface area (Å²) in [7, 11) is 2.08. The van der Waals surface area contributed by atoms with E-state index < -0.39 is 0 Å². The van der Waals surface area contributed by atoms with Crippen molar-refractivity contribution in [2.45, 2.75) is 32.2 Å². The molecule has 4 heteroatoms. The van der Waals surface area contributed by atoms with Crippen LogP contribution in [0.2, 0.25) is 0 Å². The standard InChI is InChI=1S/C16H25N3O/c1-3-10-18(2)15-6-4-13(5-7-15)16(20)19-11-8-14(17)9-12-19/h4-7,14H,3,8-12,17H2,1-2H3. The second-order valence-corrected chi connectivity index (χ2v) is 5.60. The molecule has 0 aliphatic carbocycles. The number of benzene rings is 1. The first-order chi connectivity index (χ1) is 9.61. The van der Waals surface area contributed by atoms with Crippen molar-refractivity contribution in [2.75, 3.05) is 31.6 Å². The van der Waals surface area contributed by atoms with Crippen LogP contribution in [-0.2, 0) is 0 Å². The normalized spacial score (nSPS) is 16.2. The van der Waals surface area contributed by atoms with Crippen molar-refractivity contribution >= 4 is 11.6 Å². The molecule has 110 valence electrons. The van der Waals surface area contributed by atoms with E-state index in [0.29, 0.717) is 0 Å². The third-order valence-corrected chi connectivity index (χ3v) is 3.94. The smallest absolute Gasteiger partial charge is 0.253 e. The molecular weight excluding hydrogens is 250 g/mol. The predicted octanol–water partition coefficient (Wildman–Crippen LogP) is 2.10. The van der Waals surface area contributed by atoms with E-state index in [-0.39, 0.29) is 11.9 Å². The fourth-order valence-electron chi connectivity index (χ4n) is 2.61. The van der Waals surface area contributed by atoms with E-state index >= 15 is 0 Å². The Morgan fingerprint density at radius 3 is 2.45 bits per heavy atom. The van der Waals surface area contributed by atoms with Gasteiger partial charge in [-0.05, 0) is 43.5 Å². The SMILES string of the molecule is CCCN(C)c1ccc(C(=O)N2CCC(N)CC2)cc1. The van der Waals surface area contributed by atoms with Crippen molar-refractivity contribution in [3.8, 4) is 0 Å². The molecule has 0 saturated carbocycles. The number of anilines is 1. The summed E-state index contributed by atoms with van der Waals surface area (Å²) in [5, 5.41) is 0. The van der Waals surface area contributed by atoms with E-state index in [0.717, 1.165) is 50.1 Å². The van der Waals surface area contributed by atoms with Crippen LogP contribution in [0.4, 0.5) is 5.69 Å². The highest BCUT2D eigenvalue weighted by Gasteiger charge is 2.21. The minimum atomic E-state index is 0.126. The number of amides is 1. The molecule has 1 heterocycles. The lowest BCUT2D eigenvalue weighted by Crippen LogP contribution is -2.42. The van der Waals surface area contributed by atoms with Gasteiger partial charge in [-0.15, -0.1) is 0 Å². The van der Waals surface area contributed by atoms with E-state index in [2.05, 4.69) is 18.9 Å². The van der Waals surface area contributed by atoms with Crippen LogP contribution in [0, 0.1) is 0 Å². The molecule has 1 aliphatic rings. The molecule has 2 rings (SSSR count). The Labute approximate surface area is 121 Å². The van der Waals surface area contributed by atoms with Gasteiger partial charge in [0.1, 0.15) is 0 Å². The Morgan fingerprint density at radius 1 is 1.30 bits per heavy atom. The van der Waals surface area contributed by atoms with E-state index in [1.54, 1.807) is 0 Å². The molecule has 1 aromatic carbocycles. The zero-order valence-corrected chi connectivity index (χ0v) is 12.5. The van der Waals surface area contributed by atoms with E-state index in [1.165, 1.54) is 0 Å². The maximum atomic E-state index is 12.4. The lowest BCUT2D eigenvalue weighted by molar-refractivity contribution is 0.0715. The molecule has 0 unspecified atom stereocenters. The molecule has 0 spiro atoms. The van der Waals surface area contributed by atoms with Crippen molar-refractivity contribution in [1.29, 1.82) is 0 Å². The lowest BCUT2D eigenvalue weighted by Gasteiger charge is -2.30. The second-order valence-electron chi connectivity index (χ2n) is 5.60. The zero-order chi connectivity index (χ0) is 14.5. The third kappa shape index (κ3) is 3.51. The molecule has 0 aromatic heterocycles. The number of carbonyl (C=O) groups excluding carboxylic acids is 1. The van der Waals surface area contributed by atoms with Crippen molar-refractivity contribution in [1.82, 2.24) is 4.90 Å². The van der Waals surface area contributed by atoms with Gasteiger partial charge in [0.25, 0.3) is 5.91 Å². The van der Waals surface area contributed by atoms with Gasteiger partial charge in [-0.25, -0.2) is 0 Å². The number of rotatable bonds is 4. The maximum absolute atomic E-state index is 12.4. The number of nitrogens with zero attached hydrogens (tertiary/aromatic N) is 2. The number of piperidine rings is 1. The Bertz CT molecular complexity index is 436. The first kappa shape index (κ1) is 14.9. The summed E-state index contributed by atoms with van der Waals surface area (Å²) in [5.41, 5.74) is 7.80. The average molecular weight is 275 g/mol. The van der Waals surface area contributed by atoms with Crippen molar-refractivity contribution in [3.63, 3.8) is 0 Å². The zero-order valence-electron chi connectivity index (χ0n) is 12.5. The summed E-state index contributed by atoms with van der Waals surface area (Å²) in [6.45, 7) is 4.74. The van der Waals surface area contributed by atoms with E-state index in [9.17, 15) is 4.79 Å². The molecule has 0 bridgehead atoms. The Hall–Kier alpha value is -1.55. The predicted molar refractivity (Wildman–Crippen MR) is 83.1 cm³/mol. The summed E-state index contributed by atoms with van der Waals surface area (Å²) in [5.74, 6) is 0.126. The van der Waals surface area contributed by atoms with Gasteiger partial charge in [0.2, 0.25) is 0 Å². The van der Waals surface area contributed by atoms with Gasteiger partial charge in [0, 0.05) is 44.0 Å². The van der Waals surface area contributed by atoms with Crippen LogP contribution in [0.3, 0.4) is 0 Å². The molecule has 2 N–H and O–H groups in total. The van der Waals surface area contributed by atoms with E-state index in [1.807, 2.05) is 29.2 Å². The number of likely N-dealkylation sites (tertiary alicyclic amines) is 1. The summed E-state index contributed by atoms with van der Waals surface area (Å²) in [6, 6.07) is 8.16. The molecular formula is C16H25N3O. The monoisotopic (exact) mass is 275 g/mol. The van der Waals surface area contributed by atoms with Crippen molar-refractivity contribution in [2.24, 2.45) is 5.73 Å². The number of hydrogen-bond donors (Lipinski definition) is 1. The van der Waals surface area contributed by atoms with Crippen LogP contribution in [-0.4, -0.2) is 43.5 Å². The molecule has 4 nitrogen and oxygen atoms in total. The third-order valence-electron chi connectivity index (χ3n) is 3.94. The quantitative estimate of drug-likeness (QED) is 0.915. The van der Waals surface area contributed by atoms with Crippen molar-refractivity contribution < 1.29 is 4.79 Å². The number of hydrogen-bond acceptors (Lipinski definition) is 3. The molecule has 0 atom stereocenters. The first-order valence-electron chi connectivity index (χ1n) is 7.48. The lowest BCUT2D eigenvalue weighted by atomic mass is 10.0. The molecule has 1 amide bonds. The van der Waals surface area contributed by atoms with Crippen LogP contribution in [0.1, 0.15) is 36.5 Å². The van der Waals surface area contributed by atoms with E-state index in [4.69, 9.17) is 5.73 Å². The molecule has 1 aliphatic heterocycles. The first-order valence-corrected chi connectivity index (χ1v) is 7.48. The highest BCUT2D eigenvalue weighted by molar-refractivity contribution is 5.94. The molecule has 0 radical (unpaired) electrons. The highest BCUT2D eigenvalue weighted by atomic mass is 16.2. The minimum Gasteiger partial charge on any atom is -0.375 e.